The average molecular weight is 309 g/mol. The molecular formula is C18H19N3O2. The average Bonchev–Trinajstić information content (AvgIpc) is 2.59. The second kappa shape index (κ2) is 6.52. The van der Waals surface area contributed by atoms with E-state index in [0.29, 0.717) is 13.2 Å². The Bertz CT molecular complexity index is 723. The van der Waals surface area contributed by atoms with E-state index in [1.54, 1.807) is 4.90 Å². The molecule has 0 fully saturated rings. The fourth-order valence-corrected chi connectivity index (χ4v) is 2.43. The molecule has 0 atom stereocenters. The van der Waals surface area contributed by atoms with E-state index >= 15 is 0 Å². The van der Waals surface area contributed by atoms with Crippen LogP contribution in [-0.2, 0) is 4.79 Å². The number of rotatable bonds is 3. The van der Waals surface area contributed by atoms with Crippen LogP contribution in [0.5, 0.6) is 5.75 Å². The Morgan fingerprint density at radius 3 is 2.65 bits per heavy atom. The van der Waals surface area contributed by atoms with Gasteiger partial charge in [0.05, 0.1) is 24.1 Å². The van der Waals surface area contributed by atoms with Gasteiger partial charge in [-0.3, -0.25) is 9.79 Å². The SMILES string of the molecule is CN(C)c1ccc(/N=C/C(=O)N2CCOc3ccccc32)cc1. The zero-order chi connectivity index (χ0) is 16.2. The third-order valence-corrected chi connectivity index (χ3v) is 3.68. The number of aliphatic imine (C=N–C) groups is 1. The highest BCUT2D eigenvalue weighted by molar-refractivity contribution is 6.33. The van der Waals surface area contributed by atoms with Crippen molar-refractivity contribution in [1.82, 2.24) is 0 Å². The highest BCUT2D eigenvalue weighted by Gasteiger charge is 2.21. The van der Waals surface area contributed by atoms with Crippen LogP contribution in [0.1, 0.15) is 0 Å². The number of nitrogens with zero attached hydrogens (tertiary/aromatic N) is 3. The number of hydrogen-bond donors (Lipinski definition) is 0. The zero-order valence-corrected chi connectivity index (χ0v) is 13.3. The van der Waals surface area contributed by atoms with Crippen molar-refractivity contribution in [2.45, 2.75) is 0 Å². The van der Waals surface area contributed by atoms with Crippen molar-refractivity contribution in [2.75, 3.05) is 37.0 Å². The molecule has 1 aliphatic rings. The van der Waals surface area contributed by atoms with Gasteiger partial charge < -0.3 is 14.5 Å². The molecule has 23 heavy (non-hydrogen) atoms. The van der Waals surface area contributed by atoms with Crippen molar-refractivity contribution in [3.63, 3.8) is 0 Å². The Morgan fingerprint density at radius 2 is 1.91 bits per heavy atom. The Kier molecular flexibility index (Phi) is 4.28. The first-order valence-electron chi connectivity index (χ1n) is 7.50. The van der Waals surface area contributed by atoms with Gasteiger partial charge in [0, 0.05) is 19.8 Å². The maximum absolute atomic E-state index is 12.4. The Hall–Kier alpha value is -2.82. The Balaban J connectivity index is 1.74. The number of ether oxygens (including phenoxy) is 1. The molecule has 2 aromatic carbocycles. The molecule has 1 heterocycles. The molecule has 0 saturated carbocycles. The molecule has 2 aromatic rings. The van der Waals surface area contributed by atoms with Crippen LogP contribution in [0.2, 0.25) is 0 Å². The standard InChI is InChI=1S/C18H19N3O2/c1-20(2)15-9-7-14(8-10-15)19-13-18(22)21-11-12-23-17-6-4-3-5-16(17)21/h3-10,13H,11-12H2,1-2H3/b19-13+. The number of carbonyl (C=O) groups is 1. The number of amides is 1. The van der Waals surface area contributed by atoms with E-state index in [-0.39, 0.29) is 5.91 Å². The van der Waals surface area contributed by atoms with Crippen LogP contribution in [0.4, 0.5) is 17.1 Å². The van der Waals surface area contributed by atoms with E-state index < -0.39 is 0 Å². The van der Waals surface area contributed by atoms with Gasteiger partial charge in [0.1, 0.15) is 12.4 Å². The van der Waals surface area contributed by atoms with Crippen molar-refractivity contribution in [1.29, 1.82) is 0 Å². The number of para-hydroxylation sites is 2. The molecule has 0 aromatic heterocycles. The van der Waals surface area contributed by atoms with Gasteiger partial charge in [-0.1, -0.05) is 12.1 Å². The third-order valence-electron chi connectivity index (χ3n) is 3.68. The molecule has 3 rings (SSSR count). The van der Waals surface area contributed by atoms with Gasteiger partial charge in [-0.25, -0.2) is 0 Å². The second-order valence-corrected chi connectivity index (χ2v) is 5.48. The molecule has 0 radical (unpaired) electrons. The van der Waals surface area contributed by atoms with Gasteiger partial charge in [0.2, 0.25) is 0 Å². The van der Waals surface area contributed by atoms with Crippen molar-refractivity contribution in [3.8, 4) is 5.75 Å². The second-order valence-electron chi connectivity index (χ2n) is 5.48. The van der Waals surface area contributed by atoms with Gasteiger partial charge >= 0.3 is 0 Å². The van der Waals surface area contributed by atoms with Crippen molar-refractivity contribution < 1.29 is 9.53 Å². The first kappa shape index (κ1) is 15.1. The van der Waals surface area contributed by atoms with E-state index in [0.717, 1.165) is 22.8 Å². The van der Waals surface area contributed by atoms with Crippen LogP contribution in [0.3, 0.4) is 0 Å². The summed E-state index contributed by atoms with van der Waals surface area (Å²) in [6, 6.07) is 15.3. The maximum atomic E-state index is 12.4. The molecule has 5 nitrogen and oxygen atoms in total. The van der Waals surface area contributed by atoms with Gasteiger partial charge in [-0.15, -0.1) is 0 Å². The summed E-state index contributed by atoms with van der Waals surface area (Å²) in [5, 5.41) is 0. The number of benzene rings is 2. The van der Waals surface area contributed by atoms with Crippen molar-refractivity contribution in [3.05, 3.63) is 48.5 Å². The molecule has 0 unspecified atom stereocenters. The van der Waals surface area contributed by atoms with Gasteiger partial charge in [0.25, 0.3) is 5.91 Å². The highest BCUT2D eigenvalue weighted by Crippen LogP contribution is 2.30. The summed E-state index contributed by atoms with van der Waals surface area (Å²) < 4.78 is 5.56. The van der Waals surface area contributed by atoms with Crippen LogP contribution >= 0.6 is 0 Å². The quantitative estimate of drug-likeness (QED) is 0.819. The lowest BCUT2D eigenvalue weighted by Gasteiger charge is -2.28. The van der Waals surface area contributed by atoms with Crippen LogP contribution in [-0.4, -0.2) is 39.4 Å². The fraction of sp³-hybridized carbons (Fsp3) is 0.222. The fourth-order valence-electron chi connectivity index (χ4n) is 2.43. The van der Waals surface area contributed by atoms with Gasteiger partial charge in [0.15, 0.2) is 0 Å². The van der Waals surface area contributed by atoms with Gasteiger partial charge in [-0.2, -0.15) is 0 Å². The summed E-state index contributed by atoms with van der Waals surface area (Å²) in [7, 11) is 3.97. The minimum atomic E-state index is -0.141. The normalized spacial score (nSPS) is 13.6. The van der Waals surface area contributed by atoms with E-state index in [2.05, 4.69) is 4.99 Å². The molecule has 118 valence electrons. The molecule has 0 aliphatic carbocycles. The Morgan fingerprint density at radius 1 is 1.17 bits per heavy atom. The van der Waals surface area contributed by atoms with E-state index in [1.807, 2.05) is 67.5 Å². The molecular weight excluding hydrogens is 290 g/mol. The molecule has 1 amide bonds. The number of anilines is 2. The third kappa shape index (κ3) is 3.34. The number of fused-ring (bicyclic) bond motifs is 1. The lowest BCUT2D eigenvalue weighted by atomic mass is 10.2. The molecule has 5 heteroatoms. The zero-order valence-electron chi connectivity index (χ0n) is 13.3. The van der Waals surface area contributed by atoms with Crippen LogP contribution in [0.15, 0.2) is 53.5 Å². The van der Waals surface area contributed by atoms with E-state index in [9.17, 15) is 4.79 Å². The van der Waals surface area contributed by atoms with Crippen molar-refractivity contribution in [2.24, 2.45) is 4.99 Å². The summed E-state index contributed by atoms with van der Waals surface area (Å²) in [6.45, 7) is 1.02. The molecule has 1 aliphatic heterocycles. The Labute approximate surface area is 135 Å². The summed E-state index contributed by atoms with van der Waals surface area (Å²) in [5.41, 5.74) is 2.64. The smallest absolute Gasteiger partial charge is 0.269 e. The predicted octanol–water partition coefficient (Wildman–Crippen LogP) is 2.88. The summed E-state index contributed by atoms with van der Waals surface area (Å²) >= 11 is 0. The minimum Gasteiger partial charge on any atom is -0.490 e. The topological polar surface area (TPSA) is 45.1 Å². The van der Waals surface area contributed by atoms with E-state index in [1.165, 1.54) is 6.21 Å². The maximum Gasteiger partial charge on any atom is 0.269 e. The van der Waals surface area contributed by atoms with Crippen LogP contribution in [0.25, 0.3) is 0 Å². The van der Waals surface area contributed by atoms with E-state index in [4.69, 9.17) is 4.74 Å². The van der Waals surface area contributed by atoms with Gasteiger partial charge in [-0.05, 0) is 36.4 Å². The predicted molar refractivity (Wildman–Crippen MR) is 93.2 cm³/mol. The monoisotopic (exact) mass is 309 g/mol. The molecule has 0 saturated heterocycles. The lowest BCUT2D eigenvalue weighted by Crippen LogP contribution is -2.38. The first-order valence-corrected chi connectivity index (χ1v) is 7.50. The first-order chi connectivity index (χ1) is 11.1. The largest absolute Gasteiger partial charge is 0.490 e. The summed E-state index contributed by atoms with van der Waals surface area (Å²) in [4.78, 5) is 20.4. The molecule has 0 spiro atoms. The lowest BCUT2D eigenvalue weighted by molar-refractivity contribution is -0.112. The summed E-state index contributed by atoms with van der Waals surface area (Å²) in [6.07, 6.45) is 1.37. The van der Waals surface area contributed by atoms with Crippen LogP contribution < -0.4 is 14.5 Å². The molecule has 0 N–H and O–H groups in total. The molecule has 0 bridgehead atoms. The number of hydrogen-bond acceptors (Lipinski definition) is 4. The van der Waals surface area contributed by atoms with Crippen LogP contribution in [0, 0.1) is 0 Å². The minimum absolute atomic E-state index is 0.141. The summed E-state index contributed by atoms with van der Waals surface area (Å²) in [5.74, 6) is 0.591. The highest BCUT2D eigenvalue weighted by atomic mass is 16.5. The number of carbonyl (C=O) groups excluding carboxylic acids is 1. The van der Waals surface area contributed by atoms with Crippen molar-refractivity contribution >= 4 is 29.2 Å².